The van der Waals surface area contributed by atoms with Crippen LogP contribution in [0, 0.1) is 35.5 Å². The van der Waals surface area contributed by atoms with Crippen molar-refractivity contribution in [1.29, 1.82) is 0 Å². The van der Waals surface area contributed by atoms with Gasteiger partial charge in [-0.25, -0.2) is 0 Å². The first-order valence-corrected chi connectivity index (χ1v) is 8.59. The van der Waals surface area contributed by atoms with Gasteiger partial charge in [0.15, 0.2) is 0 Å². The summed E-state index contributed by atoms with van der Waals surface area (Å²) < 4.78 is 0. The Balaban J connectivity index is 1.29. The maximum absolute atomic E-state index is 3.86. The lowest BCUT2D eigenvalue weighted by atomic mass is 9.52. The van der Waals surface area contributed by atoms with Gasteiger partial charge in [0.2, 0.25) is 0 Å². The van der Waals surface area contributed by atoms with Crippen molar-refractivity contribution in [3.63, 3.8) is 0 Å². The van der Waals surface area contributed by atoms with Gasteiger partial charge in [0.05, 0.1) is 0 Å². The molecule has 0 saturated heterocycles. The summed E-state index contributed by atoms with van der Waals surface area (Å²) in [7, 11) is 0. The van der Waals surface area contributed by atoms with E-state index in [0.717, 1.165) is 35.5 Å². The molecular weight excluding hydrogens is 218 g/mol. The first-order valence-electron chi connectivity index (χ1n) is 8.59. The minimum atomic E-state index is 1.02. The molecule has 5 aliphatic carbocycles. The van der Waals surface area contributed by atoms with E-state index in [4.69, 9.17) is 0 Å². The van der Waals surface area contributed by atoms with Crippen molar-refractivity contribution in [3.8, 4) is 0 Å². The Morgan fingerprint density at radius 3 is 1.94 bits per heavy atom. The summed E-state index contributed by atoms with van der Waals surface area (Å²) in [6.45, 7) is 2.67. The van der Waals surface area contributed by atoms with E-state index in [1.54, 1.807) is 32.1 Å². The number of hydrogen-bond acceptors (Lipinski definition) is 1. The van der Waals surface area contributed by atoms with Crippen LogP contribution in [0.1, 0.15) is 57.8 Å². The molecule has 0 radical (unpaired) electrons. The molecule has 1 nitrogen and oxygen atoms in total. The molecule has 1 heteroatoms. The van der Waals surface area contributed by atoms with Gasteiger partial charge >= 0.3 is 0 Å². The van der Waals surface area contributed by atoms with E-state index in [2.05, 4.69) is 5.32 Å². The Morgan fingerprint density at radius 2 is 1.33 bits per heavy atom. The molecule has 18 heavy (non-hydrogen) atoms. The zero-order valence-corrected chi connectivity index (χ0v) is 11.7. The molecule has 0 heterocycles. The largest absolute Gasteiger partial charge is 0.316 e. The van der Waals surface area contributed by atoms with Gasteiger partial charge in [-0.2, -0.15) is 0 Å². The monoisotopic (exact) mass is 247 g/mol. The van der Waals surface area contributed by atoms with Crippen LogP contribution in [0.4, 0.5) is 0 Å². The summed E-state index contributed by atoms with van der Waals surface area (Å²) in [5.74, 6) is 6.56. The maximum atomic E-state index is 3.86. The van der Waals surface area contributed by atoms with Crippen LogP contribution in [0.2, 0.25) is 0 Å². The lowest BCUT2D eigenvalue weighted by Crippen LogP contribution is -2.48. The van der Waals surface area contributed by atoms with Gasteiger partial charge in [-0.05, 0) is 93.5 Å². The van der Waals surface area contributed by atoms with Crippen molar-refractivity contribution < 1.29 is 0 Å². The third-order valence-corrected chi connectivity index (χ3v) is 6.71. The third-order valence-electron chi connectivity index (χ3n) is 6.71. The van der Waals surface area contributed by atoms with Crippen molar-refractivity contribution in [2.45, 2.75) is 57.8 Å². The Labute approximate surface area is 112 Å². The molecule has 0 aromatic rings. The molecule has 0 aliphatic heterocycles. The van der Waals surface area contributed by atoms with E-state index in [1.807, 2.05) is 0 Å². The number of rotatable bonds is 4. The van der Waals surface area contributed by atoms with Gasteiger partial charge in [0, 0.05) is 0 Å². The predicted octanol–water partition coefficient (Wildman–Crippen LogP) is 3.84. The van der Waals surface area contributed by atoms with Crippen LogP contribution in [-0.4, -0.2) is 13.1 Å². The van der Waals surface area contributed by atoms with E-state index < -0.39 is 0 Å². The van der Waals surface area contributed by atoms with Crippen molar-refractivity contribution in [2.75, 3.05) is 13.1 Å². The fourth-order valence-corrected chi connectivity index (χ4v) is 6.04. The highest BCUT2D eigenvalue weighted by Crippen LogP contribution is 2.56. The lowest BCUT2D eigenvalue weighted by molar-refractivity contribution is -0.0356. The highest BCUT2D eigenvalue weighted by atomic mass is 14.9. The summed E-state index contributed by atoms with van der Waals surface area (Å²) in [5.41, 5.74) is 0. The van der Waals surface area contributed by atoms with Gasteiger partial charge in [0.25, 0.3) is 0 Å². The average Bonchev–Trinajstić information content (AvgIpc) is 2.85. The second kappa shape index (κ2) is 4.81. The first-order chi connectivity index (χ1) is 8.88. The van der Waals surface area contributed by atoms with E-state index in [0.29, 0.717) is 0 Å². The molecule has 0 atom stereocenters. The Bertz CT molecular complexity index is 264. The summed E-state index contributed by atoms with van der Waals surface area (Å²) in [5, 5.41) is 3.86. The van der Waals surface area contributed by atoms with Crippen LogP contribution in [0.5, 0.6) is 0 Å². The highest BCUT2D eigenvalue weighted by molar-refractivity contribution is 4.98. The lowest BCUT2D eigenvalue weighted by Gasteiger charge is -2.54. The zero-order valence-electron chi connectivity index (χ0n) is 11.7. The van der Waals surface area contributed by atoms with Gasteiger partial charge in [-0.15, -0.1) is 0 Å². The molecule has 0 aromatic carbocycles. The van der Waals surface area contributed by atoms with Crippen LogP contribution in [-0.2, 0) is 0 Å². The van der Waals surface area contributed by atoms with Crippen molar-refractivity contribution in [2.24, 2.45) is 35.5 Å². The Kier molecular flexibility index (Phi) is 3.14. The first kappa shape index (κ1) is 11.8. The average molecular weight is 247 g/mol. The van der Waals surface area contributed by atoms with Gasteiger partial charge in [-0.1, -0.05) is 12.8 Å². The third kappa shape index (κ3) is 2.13. The second-order valence-electron chi connectivity index (χ2n) is 7.90. The van der Waals surface area contributed by atoms with Crippen molar-refractivity contribution >= 4 is 0 Å². The topological polar surface area (TPSA) is 12.0 Å². The van der Waals surface area contributed by atoms with Crippen LogP contribution >= 0.6 is 0 Å². The van der Waals surface area contributed by atoms with E-state index in [9.17, 15) is 0 Å². The fourth-order valence-electron chi connectivity index (χ4n) is 6.04. The van der Waals surface area contributed by atoms with Crippen LogP contribution in [0.15, 0.2) is 0 Å². The summed E-state index contributed by atoms with van der Waals surface area (Å²) in [4.78, 5) is 0. The van der Waals surface area contributed by atoms with E-state index in [-0.39, 0.29) is 0 Å². The molecule has 1 N–H and O–H groups in total. The van der Waals surface area contributed by atoms with Crippen molar-refractivity contribution in [1.82, 2.24) is 5.32 Å². The Hall–Kier alpha value is -0.0400. The van der Waals surface area contributed by atoms with E-state index in [1.165, 1.54) is 38.8 Å². The number of nitrogens with one attached hydrogen (secondary N) is 1. The molecule has 0 amide bonds. The molecule has 0 aromatic heterocycles. The molecule has 4 bridgehead atoms. The van der Waals surface area contributed by atoms with Crippen molar-refractivity contribution in [3.05, 3.63) is 0 Å². The fraction of sp³-hybridized carbons (Fsp3) is 1.00. The molecule has 102 valence electrons. The minimum absolute atomic E-state index is 1.02. The summed E-state index contributed by atoms with van der Waals surface area (Å²) >= 11 is 0. The van der Waals surface area contributed by atoms with Gasteiger partial charge in [0.1, 0.15) is 0 Å². The van der Waals surface area contributed by atoms with Gasteiger partial charge < -0.3 is 5.32 Å². The van der Waals surface area contributed by atoms with E-state index >= 15 is 0 Å². The normalized spacial score (nSPS) is 47.0. The molecule has 5 rings (SSSR count). The standard InChI is InChI=1S/C17H29N/c1-2-4-12(3-1)10-18-11-17-15-6-13-5-14(8-15)9-16(17)7-13/h12-18H,1-11H2. The molecule has 0 unspecified atom stereocenters. The summed E-state index contributed by atoms with van der Waals surface area (Å²) in [6.07, 6.45) is 13.9. The summed E-state index contributed by atoms with van der Waals surface area (Å²) in [6, 6.07) is 0. The minimum Gasteiger partial charge on any atom is -0.316 e. The van der Waals surface area contributed by atoms with Gasteiger partial charge in [-0.3, -0.25) is 0 Å². The van der Waals surface area contributed by atoms with Crippen LogP contribution < -0.4 is 5.32 Å². The highest BCUT2D eigenvalue weighted by Gasteiger charge is 2.47. The molecular formula is C17H29N. The number of hydrogen-bond donors (Lipinski definition) is 1. The molecule has 5 fully saturated rings. The zero-order chi connectivity index (χ0) is 11.9. The quantitative estimate of drug-likeness (QED) is 0.796. The smallest absolute Gasteiger partial charge is 0.00151 e. The Morgan fingerprint density at radius 1 is 0.722 bits per heavy atom. The predicted molar refractivity (Wildman–Crippen MR) is 75.4 cm³/mol. The maximum Gasteiger partial charge on any atom is -0.00151 e. The molecule has 5 saturated carbocycles. The second-order valence-corrected chi connectivity index (χ2v) is 7.90. The van der Waals surface area contributed by atoms with Crippen LogP contribution in [0.25, 0.3) is 0 Å². The molecule has 0 spiro atoms. The SMILES string of the molecule is C1CCC(CNCC2C3CC4CC(C3)CC2C4)C1. The molecule has 5 aliphatic rings. The van der Waals surface area contributed by atoms with Crippen LogP contribution in [0.3, 0.4) is 0 Å².